The number of amides is 2. The van der Waals surface area contributed by atoms with Crippen molar-refractivity contribution < 1.29 is 9.59 Å². The van der Waals surface area contributed by atoms with E-state index in [1.807, 2.05) is 0 Å². The van der Waals surface area contributed by atoms with Crippen LogP contribution in [-0.4, -0.2) is 29.4 Å². The number of aromatic nitrogens is 1. The van der Waals surface area contributed by atoms with E-state index in [4.69, 9.17) is 5.84 Å². The van der Waals surface area contributed by atoms with E-state index in [1.54, 1.807) is 6.07 Å². The molecule has 2 amide bonds. The molecule has 0 unspecified atom stereocenters. The summed E-state index contributed by atoms with van der Waals surface area (Å²) < 4.78 is 0. The Hall–Kier alpha value is -2.15. The number of hydrazine groups is 1. The molecule has 1 saturated carbocycles. The molecule has 1 fully saturated rings. The van der Waals surface area contributed by atoms with Crippen LogP contribution in [0.2, 0.25) is 0 Å². The van der Waals surface area contributed by atoms with E-state index in [0.717, 1.165) is 12.8 Å². The first kappa shape index (κ1) is 12.3. The zero-order valence-electron chi connectivity index (χ0n) is 9.77. The first-order chi connectivity index (χ1) is 8.69. The lowest BCUT2D eigenvalue weighted by molar-refractivity contribution is -0.120. The highest BCUT2D eigenvalue weighted by Gasteiger charge is 2.23. The van der Waals surface area contributed by atoms with Gasteiger partial charge in [-0.1, -0.05) is 0 Å². The van der Waals surface area contributed by atoms with Crippen LogP contribution >= 0.6 is 0 Å². The standard InChI is InChI=1S/C11H15N5O2/c12-16-8-3-4-13-9(5-8)11(18)14-6-10(17)15-7-1-2-7/h3-5,7H,1-2,6,12H2,(H,13,16)(H,14,18)(H,15,17). The molecule has 0 atom stereocenters. The number of anilines is 1. The maximum Gasteiger partial charge on any atom is 0.270 e. The van der Waals surface area contributed by atoms with E-state index >= 15 is 0 Å². The number of nitrogens with one attached hydrogen (secondary N) is 3. The molecule has 1 heterocycles. The molecule has 2 rings (SSSR count). The molecule has 0 bridgehead atoms. The number of nitrogens with zero attached hydrogens (tertiary/aromatic N) is 1. The third-order valence-electron chi connectivity index (χ3n) is 2.51. The van der Waals surface area contributed by atoms with Crippen LogP contribution in [0.4, 0.5) is 5.69 Å². The average Bonchev–Trinajstić information content (AvgIpc) is 3.20. The largest absolute Gasteiger partial charge is 0.352 e. The Balaban J connectivity index is 1.84. The minimum Gasteiger partial charge on any atom is -0.352 e. The summed E-state index contributed by atoms with van der Waals surface area (Å²) in [6, 6.07) is 3.43. The molecule has 0 saturated heterocycles. The van der Waals surface area contributed by atoms with E-state index in [1.165, 1.54) is 12.3 Å². The molecular weight excluding hydrogens is 234 g/mol. The van der Waals surface area contributed by atoms with Crippen LogP contribution in [0, 0.1) is 0 Å². The molecule has 18 heavy (non-hydrogen) atoms. The smallest absolute Gasteiger partial charge is 0.270 e. The number of nitrogens with two attached hydrogens (primary N) is 1. The summed E-state index contributed by atoms with van der Waals surface area (Å²) >= 11 is 0. The summed E-state index contributed by atoms with van der Waals surface area (Å²) in [5, 5.41) is 5.28. The molecule has 1 aromatic heterocycles. The molecule has 0 aromatic carbocycles. The highest BCUT2D eigenvalue weighted by molar-refractivity contribution is 5.95. The van der Waals surface area contributed by atoms with E-state index in [2.05, 4.69) is 21.0 Å². The van der Waals surface area contributed by atoms with E-state index in [-0.39, 0.29) is 24.2 Å². The van der Waals surface area contributed by atoms with Gasteiger partial charge in [0.1, 0.15) is 5.69 Å². The molecule has 0 aliphatic heterocycles. The fraction of sp³-hybridized carbons (Fsp3) is 0.364. The molecule has 1 aromatic rings. The zero-order valence-corrected chi connectivity index (χ0v) is 9.77. The Bertz CT molecular complexity index is 459. The highest BCUT2D eigenvalue weighted by Crippen LogP contribution is 2.18. The van der Waals surface area contributed by atoms with Gasteiger partial charge in [-0.05, 0) is 25.0 Å². The second-order valence-electron chi connectivity index (χ2n) is 4.10. The number of rotatable bonds is 5. The molecule has 96 valence electrons. The number of hydrogen-bond donors (Lipinski definition) is 4. The minimum atomic E-state index is -0.405. The van der Waals surface area contributed by atoms with Crippen LogP contribution < -0.4 is 21.9 Å². The van der Waals surface area contributed by atoms with Gasteiger partial charge in [-0.15, -0.1) is 0 Å². The van der Waals surface area contributed by atoms with Crippen LogP contribution in [0.5, 0.6) is 0 Å². The Morgan fingerprint density at radius 2 is 2.22 bits per heavy atom. The molecule has 7 heteroatoms. The molecule has 1 aliphatic carbocycles. The van der Waals surface area contributed by atoms with E-state index in [0.29, 0.717) is 5.69 Å². The van der Waals surface area contributed by atoms with Crippen molar-refractivity contribution in [3.8, 4) is 0 Å². The maximum absolute atomic E-state index is 11.7. The molecule has 0 spiro atoms. The van der Waals surface area contributed by atoms with Gasteiger partial charge in [-0.2, -0.15) is 0 Å². The van der Waals surface area contributed by atoms with Crippen LogP contribution in [0.1, 0.15) is 23.3 Å². The van der Waals surface area contributed by atoms with Gasteiger partial charge in [-0.25, -0.2) is 0 Å². The van der Waals surface area contributed by atoms with Gasteiger partial charge in [0.05, 0.1) is 12.2 Å². The first-order valence-corrected chi connectivity index (χ1v) is 5.69. The van der Waals surface area contributed by atoms with Gasteiger partial charge in [0, 0.05) is 12.2 Å². The lowest BCUT2D eigenvalue weighted by atomic mass is 10.3. The number of pyridine rings is 1. The van der Waals surface area contributed by atoms with E-state index in [9.17, 15) is 9.59 Å². The van der Waals surface area contributed by atoms with Gasteiger partial charge >= 0.3 is 0 Å². The normalized spacial score (nSPS) is 13.8. The number of nitrogen functional groups attached to an aromatic ring is 1. The Morgan fingerprint density at radius 1 is 1.44 bits per heavy atom. The fourth-order valence-corrected chi connectivity index (χ4v) is 1.40. The van der Waals surface area contributed by atoms with Crippen molar-refractivity contribution >= 4 is 17.5 Å². The lowest BCUT2D eigenvalue weighted by Crippen LogP contribution is -2.38. The Morgan fingerprint density at radius 3 is 2.89 bits per heavy atom. The van der Waals surface area contributed by atoms with Crippen LogP contribution in [0.25, 0.3) is 0 Å². The van der Waals surface area contributed by atoms with Gasteiger partial charge in [0.15, 0.2) is 0 Å². The summed E-state index contributed by atoms with van der Waals surface area (Å²) in [6.07, 6.45) is 3.51. The number of carbonyl (C=O) groups excluding carboxylic acids is 2. The van der Waals surface area contributed by atoms with E-state index < -0.39 is 5.91 Å². The van der Waals surface area contributed by atoms with Crippen molar-refractivity contribution in [2.24, 2.45) is 5.84 Å². The SMILES string of the molecule is NNc1ccnc(C(=O)NCC(=O)NC2CC2)c1. The van der Waals surface area contributed by atoms with Gasteiger partial charge in [0.25, 0.3) is 5.91 Å². The number of carbonyl (C=O) groups is 2. The van der Waals surface area contributed by atoms with Crippen molar-refractivity contribution in [3.63, 3.8) is 0 Å². The monoisotopic (exact) mass is 249 g/mol. The predicted octanol–water partition coefficient (Wildman–Crippen LogP) is -0.624. The highest BCUT2D eigenvalue weighted by atomic mass is 16.2. The zero-order chi connectivity index (χ0) is 13.0. The number of hydrogen-bond acceptors (Lipinski definition) is 5. The van der Waals surface area contributed by atoms with Crippen molar-refractivity contribution in [3.05, 3.63) is 24.0 Å². The first-order valence-electron chi connectivity index (χ1n) is 5.69. The Labute approximate surface area is 104 Å². The second kappa shape index (κ2) is 5.46. The predicted molar refractivity (Wildman–Crippen MR) is 65.5 cm³/mol. The third-order valence-corrected chi connectivity index (χ3v) is 2.51. The van der Waals surface area contributed by atoms with Crippen molar-refractivity contribution in [2.75, 3.05) is 12.0 Å². The quantitative estimate of drug-likeness (QED) is 0.410. The van der Waals surface area contributed by atoms with Gasteiger partial charge in [0.2, 0.25) is 5.91 Å². The third kappa shape index (κ3) is 3.42. The summed E-state index contributed by atoms with van der Waals surface area (Å²) in [7, 11) is 0. The fourth-order valence-electron chi connectivity index (χ4n) is 1.40. The topological polar surface area (TPSA) is 109 Å². The Kier molecular flexibility index (Phi) is 3.73. The van der Waals surface area contributed by atoms with Crippen LogP contribution in [0.3, 0.4) is 0 Å². The molecule has 1 aliphatic rings. The summed E-state index contributed by atoms with van der Waals surface area (Å²) in [5.41, 5.74) is 3.22. The lowest BCUT2D eigenvalue weighted by Gasteiger charge is -2.06. The second-order valence-corrected chi connectivity index (χ2v) is 4.10. The molecule has 0 radical (unpaired) electrons. The average molecular weight is 249 g/mol. The van der Waals surface area contributed by atoms with Crippen LogP contribution in [-0.2, 0) is 4.79 Å². The maximum atomic E-state index is 11.7. The summed E-state index contributed by atoms with van der Waals surface area (Å²) in [4.78, 5) is 27.0. The molecular formula is C11H15N5O2. The minimum absolute atomic E-state index is 0.0444. The van der Waals surface area contributed by atoms with Crippen molar-refractivity contribution in [2.45, 2.75) is 18.9 Å². The van der Waals surface area contributed by atoms with Gasteiger partial charge in [-0.3, -0.25) is 20.4 Å². The summed E-state index contributed by atoms with van der Waals surface area (Å²) in [6.45, 7) is -0.0444. The summed E-state index contributed by atoms with van der Waals surface area (Å²) in [5.74, 6) is 4.64. The molecule has 7 nitrogen and oxygen atoms in total. The van der Waals surface area contributed by atoms with Crippen LogP contribution in [0.15, 0.2) is 18.3 Å². The van der Waals surface area contributed by atoms with Crippen molar-refractivity contribution in [1.82, 2.24) is 15.6 Å². The van der Waals surface area contributed by atoms with Gasteiger partial charge < -0.3 is 16.1 Å². The van der Waals surface area contributed by atoms with Crippen molar-refractivity contribution in [1.29, 1.82) is 0 Å². The molecule has 5 N–H and O–H groups in total.